The van der Waals surface area contributed by atoms with Gasteiger partial charge in [-0.25, -0.2) is 0 Å². The fraction of sp³-hybridized carbons (Fsp3) is 0.286. The third-order valence-electron chi connectivity index (χ3n) is 4.97. The van der Waals surface area contributed by atoms with Crippen LogP contribution in [0.1, 0.15) is 21.8 Å². The van der Waals surface area contributed by atoms with Crippen molar-refractivity contribution in [3.8, 4) is 17.2 Å². The lowest BCUT2D eigenvalue weighted by molar-refractivity contribution is 0.0618. The SMILES string of the molecule is Cc1ccccc1-c1nnc(CN2CCN(C(=O)c3ccc(O)cc3)CC2)o1. The second kappa shape index (κ2) is 7.82. The van der Waals surface area contributed by atoms with Gasteiger partial charge in [-0.15, -0.1) is 10.2 Å². The zero-order chi connectivity index (χ0) is 19.5. The van der Waals surface area contributed by atoms with Crippen LogP contribution in [-0.4, -0.2) is 57.2 Å². The maximum atomic E-state index is 12.6. The molecule has 7 heteroatoms. The van der Waals surface area contributed by atoms with E-state index in [-0.39, 0.29) is 11.7 Å². The van der Waals surface area contributed by atoms with Crippen molar-refractivity contribution in [1.82, 2.24) is 20.0 Å². The molecule has 1 aliphatic heterocycles. The number of hydrogen-bond donors (Lipinski definition) is 1. The summed E-state index contributed by atoms with van der Waals surface area (Å²) in [5.41, 5.74) is 2.63. The van der Waals surface area contributed by atoms with Crippen molar-refractivity contribution in [2.45, 2.75) is 13.5 Å². The van der Waals surface area contributed by atoms with E-state index in [0.29, 0.717) is 37.0 Å². The minimum absolute atomic E-state index is 0.0146. The summed E-state index contributed by atoms with van der Waals surface area (Å²) in [6.07, 6.45) is 0. The highest BCUT2D eigenvalue weighted by molar-refractivity contribution is 5.94. The Kier molecular flexibility index (Phi) is 5.08. The van der Waals surface area contributed by atoms with Crippen molar-refractivity contribution in [3.05, 3.63) is 65.5 Å². The molecule has 1 amide bonds. The summed E-state index contributed by atoms with van der Waals surface area (Å²) < 4.78 is 5.84. The molecular formula is C21H22N4O3. The minimum Gasteiger partial charge on any atom is -0.508 e. The first-order valence-electron chi connectivity index (χ1n) is 9.29. The van der Waals surface area contributed by atoms with Crippen LogP contribution in [0.2, 0.25) is 0 Å². The van der Waals surface area contributed by atoms with Crippen LogP contribution in [-0.2, 0) is 6.54 Å². The third-order valence-corrected chi connectivity index (χ3v) is 4.97. The molecule has 3 aromatic rings. The normalized spacial score (nSPS) is 15.0. The van der Waals surface area contributed by atoms with Crippen LogP contribution in [0.25, 0.3) is 11.5 Å². The van der Waals surface area contributed by atoms with E-state index in [1.807, 2.05) is 36.1 Å². The quantitative estimate of drug-likeness (QED) is 0.752. The molecule has 0 radical (unpaired) electrons. The van der Waals surface area contributed by atoms with Crippen LogP contribution in [0.15, 0.2) is 52.9 Å². The van der Waals surface area contributed by atoms with Gasteiger partial charge in [-0.3, -0.25) is 9.69 Å². The average molecular weight is 378 g/mol. The molecule has 0 bridgehead atoms. The van der Waals surface area contributed by atoms with Gasteiger partial charge in [0.25, 0.3) is 5.91 Å². The predicted molar refractivity (Wildman–Crippen MR) is 104 cm³/mol. The Balaban J connectivity index is 1.34. The van der Waals surface area contributed by atoms with Crippen LogP contribution >= 0.6 is 0 Å². The highest BCUT2D eigenvalue weighted by atomic mass is 16.4. The molecule has 1 aliphatic rings. The molecule has 1 fully saturated rings. The Morgan fingerprint density at radius 3 is 2.46 bits per heavy atom. The van der Waals surface area contributed by atoms with Crippen molar-refractivity contribution in [2.75, 3.05) is 26.2 Å². The second-order valence-corrected chi connectivity index (χ2v) is 6.93. The number of rotatable bonds is 4. The zero-order valence-electron chi connectivity index (χ0n) is 15.7. The number of nitrogens with zero attached hydrogens (tertiary/aromatic N) is 4. The monoisotopic (exact) mass is 378 g/mol. The molecule has 1 N–H and O–H groups in total. The van der Waals surface area contributed by atoms with Crippen LogP contribution in [0.5, 0.6) is 5.75 Å². The molecule has 2 heterocycles. The van der Waals surface area contributed by atoms with Crippen LogP contribution in [0.4, 0.5) is 0 Å². The number of phenolic OH excluding ortho intramolecular Hbond substituents is 1. The lowest BCUT2D eigenvalue weighted by atomic mass is 10.1. The van der Waals surface area contributed by atoms with Gasteiger partial charge in [-0.2, -0.15) is 0 Å². The lowest BCUT2D eigenvalue weighted by Crippen LogP contribution is -2.48. The largest absolute Gasteiger partial charge is 0.508 e. The first-order chi connectivity index (χ1) is 13.6. The van der Waals surface area contributed by atoms with E-state index >= 15 is 0 Å². The number of aromatic hydroxyl groups is 1. The number of amides is 1. The number of carbonyl (C=O) groups excluding carboxylic acids is 1. The summed E-state index contributed by atoms with van der Waals surface area (Å²) in [7, 11) is 0. The molecule has 0 atom stereocenters. The van der Waals surface area contributed by atoms with Gasteiger partial charge in [0.15, 0.2) is 0 Å². The van der Waals surface area contributed by atoms with Crippen molar-refractivity contribution in [2.24, 2.45) is 0 Å². The standard InChI is InChI=1S/C21H22N4O3/c1-15-4-2-3-5-18(15)20-23-22-19(28-20)14-24-10-12-25(13-11-24)21(27)16-6-8-17(26)9-7-16/h2-9,26H,10-14H2,1H3. The maximum Gasteiger partial charge on any atom is 0.253 e. The van der Waals surface area contributed by atoms with Gasteiger partial charge in [0.05, 0.1) is 6.54 Å². The van der Waals surface area contributed by atoms with Crippen LogP contribution < -0.4 is 0 Å². The molecule has 0 aliphatic carbocycles. The zero-order valence-corrected chi connectivity index (χ0v) is 15.7. The predicted octanol–water partition coefficient (Wildman–Crippen LogP) is 2.71. The Hall–Kier alpha value is -3.19. The van der Waals surface area contributed by atoms with E-state index in [2.05, 4.69) is 15.1 Å². The molecular weight excluding hydrogens is 356 g/mol. The van der Waals surface area contributed by atoms with Gasteiger partial charge < -0.3 is 14.4 Å². The van der Waals surface area contributed by atoms with E-state index < -0.39 is 0 Å². The smallest absolute Gasteiger partial charge is 0.253 e. The number of benzene rings is 2. The second-order valence-electron chi connectivity index (χ2n) is 6.93. The fourth-order valence-electron chi connectivity index (χ4n) is 3.33. The topological polar surface area (TPSA) is 82.7 Å². The summed E-state index contributed by atoms with van der Waals surface area (Å²) in [6.45, 7) is 5.35. The summed E-state index contributed by atoms with van der Waals surface area (Å²) in [6, 6.07) is 14.3. The van der Waals surface area contributed by atoms with Gasteiger partial charge in [0.1, 0.15) is 5.75 Å². The van der Waals surface area contributed by atoms with Crippen molar-refractivity contribution < 1.29 is 14.3 Å². The number of carbonyl (C=O) groups is 1. The molecule has 0 unspecified atom stereocenters. The summed E-state index contributed by atoms with van der Waals surface area (Å²) in [5, 5.41) is 17.7. The molecule has 4 rings (SSSR count). The van der Waals surface area contributed by atoms with Gasteiger partial charge in [-0.1, -0.05) is 18.2 Å². The lowest BCUT2D eigenvalue weighted by Gasteiger charge is -2.34. The summed E-state index contributed by atoms with van der Waals surface area (Å²) in [5.74, 6) is 1.26. The van der Waals surface area contributed by atoms with Gasteiger partial charge >= 0.3 is 0 Å². The van der Waals surface area contributed by atoms with Crippen molar-refractivity contribution in [3.63, 3.8) is 0 Å². The molecule has 144 valence electrons. The number of aromatic nitrogens is 2. The van der Waals surface area contributed by atoms with Gasteiger partial charge in [-0.05, 0) is 42.8 Å². The third kappa shape index (κ3) is 3.89. The number of phenols is 1. The Labute approximate surface area is 163 Å². The highest BCUT2D eigenvalue weighted by Crippen LogP contribution is 2.22. The van der Waals surface area contributed by atoms with E-state index in [9.17, 15) is 9.90 Å². The van der Waals surface area contributed by atoms with Gasteiger partial charge in [0, 0.05) is 37.3 Å². The molecule has 1 aromatic heterocycles. The van der Waals surface area contributed by atoms with Crippen LogP contribution in [0.3, 0.4) is 0 Å². The molecule has 2 aromatic carbocycles. The molecule has 1 saturated heterocycles. The Morgan fingerprint density at radius 2 is 1.75 bits per heavy atom. The number of piperazine rings is 1. The Morgan fingerprint density at radius 1 is 1.04 bits per heavy atom. The fourth-order valence-corrected chi connectivity index (χ4v) is 3.33. The van der Waals surface area contributed by atoms with Gasteiger partial charge in [0.2, 0.25) is 11.8 Å². The molecule has 0 saturated carbocycles. The Bertz CT molecular complexity index is 960. The summed E-state index contributed by atoms with van der Waals surface area (Å²) >= 11 is 0. The first-order valence-corrected chi connectivity index (χ1v) is 9.29. The minimum atomic E-state index is -0.0146. The first kappa shape index (κ1) is 18.2. The van der Waals surface area contributed by atoms with E-state index in [1.165, 1.54) is 12.1 Å². The number of hydrogen-bond acceptors (Lipinski definition) is 6. The molecule has 28 heavy (non-hydrogen) atoms. The van der Waals surface area contributed by atoms with E-state index in [4.69, 9.17) is 4.42 Å². The molecule has 7 nitrogen and oxygen atoms in total. The summed E-state index contributed by atoms with van der Waals surface area (Å²) in [4.78, 5) is 16.6. The highest BCUT2D eigenvalue weighted by Gasteiger charge is 2.23. The average Bonchev–Trinajstić information content (AvgIpc) is 3.17. The maximum absolute atomic E-state index is 12.6. The van der Waals surface area contributed by atoms with Crippen molar-refractivity contribution in [1.29, 1.82) is 0 Å². The van der Waals surface area contributed by atoms with E-state index in [0.717, 1.165) is 24.2 Å². The molecule has 0 spiro atoms. The van der Waals surface area contributed by atoms with Crippen molar-refractivity contribution >= 4 is 5.91 Å². The van der Waals surface area contributed by atoms with E-state index in [1.54, 1.807) is 12.1 Å². The van der Waals surface area contributed by atoms with Crippen LogP contribution in [0, 0.1) is 6.92 Å². The number of aryl methyl sites for hydroxylation is 1.